The fraction of sp³-hybridized carbons (Fsp3) is 0.368. The molecule has 2 aromatic heterocycles. The highest BCUT2D eigenvalue weighted by Crippen LogP contribution is 2.26. The zero-order chi connectivity index (χ0) is 20.4. The number of anilines is 3. The Bertz CT molecular complexity index is 1030. The van der Waals surface area contributed by atoms with Gasteiger partial charge in [-0.15, -0.1) is 0 Å². The van der Waals surface area contributed by atoms with Gasteiger partial charge in [0.25, 0.3) is 0 Å². The molecule has 10 nitrogen and oxygen atoms in total. The van der Waals surface area contributed by atoms with E-state index in [1.165, 1.54) is 0 Å². The molecular formula is C19H24N8O2. The number of hydrogen-bond acceptors (Lipinski definition) is 8. The summed E-state index contributed by atoms with van der Waals surface area (Å²) in [5.74, 6) is 0.988. The van der Waals surface area contributed by atoms with Crippen LogP contribution in [-0.2, 0) is 11.8 Å². The Labute approximate surface area is 168 Å². The third kappa shape index (κ3) is 4.00. The molecule has 4 N–H and O–H groups in total. The van der Waals surface area contributed by atoms with Gasteiger partial charge >= 0.3 is 0 Å². The molecule has 152 valence electrons. The number of nitrogens with one attached hydrogen (secondary N) is 2. The van der Waals surface area contributed by atoms with E-state index < -0.39 is 0 Å². The number of nitrogens with zero attached hydrogens (tertiary/aromatic N) is 5. The van der Waals surface area contributed by atoms with E-state index in [0.717, 1.165) is 25.1 Å². The van der Waals surface area contributed by atoms with Crippen molar-refractivity contribution in [3.8, 4) is 5.75 Å². The predicted molar refractivity (Wildman–Crippen MR) is 110 cm³/mol. The monoisotopic (exact) mass is 396 g/mol. The van der Waals surface area contributed by atoms with Crippen molar-refractivity contribution in [2.24, 2.45) is 13.0 Å². The highest BCUT2D eigenvalue weighted by atomic mass is 16.5. The molecule has 0 saturated carbocycles. The normalized spacial score (nSPS) is 16.6. The Morgan fingerprint density at radius 3 is 2.97 bits per heavy atom. The minimum atomic E-state index is -0.142. The highest BCUT2D eigenvalue weighted by molar-refractivity contribution is 5.92. The van der Waals surface area contributed by atoms with Crippen molar-refractivity contribution in [1.29, 1.82) is 0 Å². The number of aromatic nitrogens is 4. The maximum absolute atomic E-state index is 12.8. The first-order valence-corrected chi connectivity index (χ1v) is 9.44. The molecule has 3 aromatic rings. The largest absolute Gasteiger partial charge is 0.497 e. The molecule has 1 amide bonds. The van der Waals surface area contributed by atoms with Gasteiger partial charge in [-0.1, -0.05) is 0 Å². The van der Waals surface area contributed by atoms with Gasteiger partial charge in [-0.25, -0.2) is 4.98 Å². The zero-order valence-corrected chi connectivity index (χ0v) is 16.4. The molecule has 29 heavy (non-hydrogen) atoms. The summed E-state index contributed by atoms with van der Waals surface area (Å²) in [7, 11) is 3.47. The van der Waals surface area contributed by atoms with E-state index in [1.54, 1.807) is 30.0 Å². The van der Waals surface area contributed by atoms with Crippen LogP contribution in [0.1, 0.15) is 12.8 Å². The Kier molecular flexibility index (Phi) is 5.07. The molecule has 0 aliphatic carbocycles. The molecule has 1 saturated heterocycles. The second-order valence-corrected chi connectivity index (χ2v) is 7.09. The lowest BCUT2D eigenvalue weighted by molar-refractivity contribution is -0.124. The number of amides is 1. The average molecular weight is 396 g/mol. The van der Waals surface area contributed by atoms with Crippen LogP contribution in [0.25, 0.3) is 10.9 Å². The molecule has 1 unspecified atom stereocenters. The number of methoxy groups -OCH3 is 1. The fourth-order valence-corrected chi connectivity index (χ4v) is 3.57. The van der Waals surface area contributed by atoms with E-state index in [2.05, 4.69) is 30.8 Å². The summed E-state index contributed by atoms with van der Waals surface area (Å²) in [6.45, 7) is 1.55. The second-order valence-electron chi connectivity index (χ2n) is 7.09. The van der Waals surface area contributed by atoms with E-state index in [1.807, 2.05) is 19.4 Å². The molecule has 1 atom stereocenters. The third-order valence-corrected chi connectivity index (χ3v) is 5.07. The highest BCUT2D eigenvalue weighted by Gasteiger charge is 2.26. The van der Waals surface area contributed by atoms with Gasteiger partial charge in [0.15, 0.2) is 5.82 Å². The molecule has 1 aromatic carbocycles. The Hall–Kier alpha value is -3.56. The predicted octanol–water partition coefficient (Wildman–Crippen LogP) is 1.31. The number of ether oxygens (including phenoxy) is 1. The van der Waals surface area contributed by atoms with Gasteiger partial charge in [-0.3, -0.25) is 20.3 Å². The van der Waals surface area contributed by atoms with Crippen LogP contribution in [0.4, 0.5) is 17.5 Å². The van der Waals surface area contributed by atoms with Gasteiger partial charge in [-0.05, 0) is 31.0 Å². The molecule has 1 aliphatic heterocycles. The summed E-state index contributed by atoms with van der Waals surface area (Å²) < 4.78 is 7.03. The summed E-state index contributed by atoms with van der Waals surface area (Å²) in [5, 5.41) is 4.92. The van der Waals surface area contributed by atoms with Crippen LogP contribution < -0.4 is 26.2 Å². The van der Waals surface area contributed by atoms with Crippen LogP contribution in [0.2, 0.25) is 0 Å². The molecular weight excluding hydrogens is 372 g/mol. The summed E-state index contributed by atoms with van der Waals surface area (Å²) in [4.78, 5) is 23.4. The summed E-state index contributed by atoms with van der Waals surface area (Å²) in [6, 6.07) is 5.40. The number of nitrogen functional groups attached to an aromatic ring is 1. The maximum Gasteiger partial charge on any atom is 0.243 e. The number of aryl methyl sites for hydroxylation is 1. The molecule has 3 heterocycles. The standard InChI is InChI=1S/C19H24N8O2/c1-26-11-13(9-21-26)27-7-3-4-12(10-27)18(28)25-24-17-15-8-14(29-2)5-6-16(15)22-19(20)23-17/h5-6,8-9,11-12H,3-4,7,10H2,1-2H3,(H,25,28)(H3,20,22,23,24). The SMILES string of the molecule is COc1ccc2nc(N)nc(NNC(=O)C3CCCN(c4cnn(C)c4)C3)c2c1. The third-order valence-electron chi connectivity index (χ3n) is 5.07. The van der Waals surface area contributed by atoms with Crippen LogP contribution in [0.15, 0.2) is 30.6 Å². The first-order valence-electron chi connectivity index (χ1n) is 9.44. The molecule has 0 radical (unpaired) electrons. The quantitative estimate of drug-likeness (QED) is 0.552. The van der Waals surface area contributed by atoms with E-state index in [9.17, 15) is 4.79 Å². The number of piperidine rings is 1. The topological polar surface area (TPSA) is 123 Å². The van der Waals surface area contributed by atoms with Gasteiger partial charge < -0.3 is 15.4 Å². The van der Waals surface area contributed by atoms with Gasteiger partial charge in [0.05, 0.1) is 30.4 Å². The summed E-state index contributed by atoms with van der Waals surface area (Å²) >= 11 is 0. The molecule has 1 fully saturated rings. The number of carbonyl (C=O) groups excluding carboxylic acids is 1. The second kappa shape index (κ2) is 7.82. The van der Waals surface area contributed by atoms with Crippen molar-refractivity contribution >= 4 is 34.3 Å². The number of carbonyl (C=O) groups is 1. The van der Waals surface area contributed by atoms with Gasteiger partial charge in [0.1, 0.15) is 5.75 Å². The molecule has 0 spiro atoms. The molecule has 10 heteroatoms. The number of nitrogens with two attached hydrogens (primary N) is 1. The minimum absolute atomic E-state index is 0.0909. The van der Waals surface area contributed by atoms with Crippen LogP contribution >= 0.6 is 0 Å². The van der Waals surface area contributed by atoms with Crippen molar-refractivity contribution in [3.63, 3.8) is 0 Å². The number of benzene rings is 1. The maximum atomic E-state index is 12.8. The Balaban J connectivity index is 1.46. The number of rotatable bonds is 5. The van der Waals surface area contributed by atoms with Crippen LogP contribution in [0.5, 0.6) is 5.75 Å². The van der Waals surface area contributed by atoms with E-state index in [0.29, 0.717) is 29.0 Å². The molecule has 1 aliphatic rings. The zero-order valence-electron chi connectivity index (χ0n) is 16.4. The lowest BCUT2D eigenvalue weighted by Crippen LogP contribution is -2.44. The van der Waals surface area contributed by atoms with Crippen molar-refractivity contribution in [1.82, 2.24) is 25.2 Å². The van der Waals surface area contributed by atoms with Crippen molar-refractivity contribution in [2.75, 3.05) is 36.3 Å². The number of hydrazine groups is 1. The average Bonchev–Trinajstić information content (AvgIpc) is 3.18. The van der Waals surface area contributed by atoms with Crippen molar-refractivity contribution in [2.45, 2.75) is 12.8 Å². The van der Waals surface area contributed by atoms with Crippen LogP contribution in [0.3, 0.4) is 0 Å². The summed E-state index contributed by atoms with van der Waals surface area (Å²) in [6.07, 6.45) is 5.54. The number of hydrogen-bond donors (Lipinski definition) is 3. The van der Waals surface area contributed by atoms with E-state index in [4.69, 9.17) is 10.5 Å². The van der Waals surface area contributed by atoms with Gasteiger partial charge in [0, 0.05) is 31.7 Å². The Morgan fingerprint density at radius 2 is 2.21 bits per heavy atom. The lowest BCUT2D eigenvalue weighted by Gasteiger charge is -2.32. The van der Waals surface area contributed by atoms with Crippen LogP contribution in [-0.4, -0.2) is 45.9 Å². The first kappa shape index (κ1) is 18.8. The van der Waals surface area contributed by atoms with Crippen LogP contribution in [0, 0.1) is 5.92 Å². The fourth-order valence-electron chi connectivity index (χ4n) is 3.57. The summed E-state index contributed by atoms with van der Waals surface area (Å²) in [5.41, 5.74) is 13.2. The van der Waals surface area contributed by atoms with Crippen molar-refractivity contribution in [3.05, 3.63) is 30.6 Å². The Morgan fingerprint density at radius 1 is 1.34 bits per heavy atom. The molecule has 0 bridgehead atoms. The van der Waals surface area contributed by atoms with Crippen molar-refractivity contribution < 1.29 is 9.53 Å². The number of fused-ring (bicyclic) bond motifs is 1. The van der Waals surface area contributed by atoms with E-state index >= 15 is 0 Å². The lowest BCUT2D eigenvalue weighted by atomic mass is 9.97. The molecule has 4 rings (SSSR count). The smallest absolute Gasteiger partial charge is 0.243 e. The van der Waals surface area contributed by atoms with Gasteiger partial charge in [-0.2, -0.15) is 10.1 Å². The first-order chi connectivity index (χ1) is 14.0. The van der Waals surface area contributed by atoms with Gasteiger partial charge in [0.2, 0.25) is 11.9 Å². The minimum Gasteiger partial charge on any atom is -0.497 e. The van der Waals surface area contributed by atoms with E-state index in [-0.39, 0.29) is 17.8 Å².